The van der Waals surface area contributed by atoms with E-state index in [0.717, 1.165) is 22.2 Å². The molecule has 0 aliphatic heterocycles. The molecule has 1 amide bonds. The minimum absolute atomic E-state index is 0.123. The molecule has 3 aromatic rings. The SMILES string of the molecule is CC(C)c1ccccc1NC(=O)c1c[nH]c2cc(Cl)ccc12. The second kappa shape index (κ2) is 5.85. The molecule has 0 radical (unpaired) electrons. The first-order valence-electron chi connectivity index (χ1n) is 7.23. The zero-order valence-corrected chi connectivity index (χ0v) is 13.2. The highest BCUT2D eigenvalue weighted by atomic mass is 35.5. The van der Waals surface area contributed by atoms with Crippen molar-refractivity contribution in [2.24, 2.45) is 0 Å². The van der Waals surface area contributed by atoms with Crippen LogP contribution in [0.25, 0.3) is 10.9 Å². The van der Waals surface area contributed by atoms with Crippen LogP contribution in [0.15, 0.2) is 48.7 Å². The van der Waals surface area contributed by atoms with Crippen molar-refractivity contribution in [2.75, 3.05) is 5.32 Å². The molecule has 0 aliphatic carbocycles. The van der Waals surface area contributed by atoms with Gasteiger partial charge in [0.2, 0.25) is 0 Å². The summed E-state index contributed by atoms with van der Waals surface area (Å²) in [5.41, 5.74) is 3.45. The predicted molar refractivity (Wildman–Crippen MR) is 91.8 cm³/mol. The summed E-state index contributed by atoms with van der Waals surface area (Å²) in [6.07, 6.45) is 1.72. The minimum Gasteiger partial charge on any atom is -0.360 e. The smallest absolute Gasteiger partial charge is 0.257 e. The summed E-state index contributed by atoms with van der Waals surface area (Å²) < 4.78 is 0. The summed E-state index contributed by atoms with van der Waals surface area (Å²) in [5, 5.41) is 4.52. The van der Waals surface area contributed by atoms with Crippen LogP contribution in [0.1, 0.15) is 35.7 Å². The lowest BCUT2D eigenvalue weighted by atomic mass is 10.0. The van der Waals surface area contributed by atoms with Gasteiger partial charge in [0, 0.05) is 27.8 Å². The van der Waals surface area contributed by atoms with Crippen molar-refractivity contribution in [3.05, 3.63) is 64.8 Å². The van der Waals surface area contributed by atoms with Gasteiger partial charge >= 0.3 is 0 Å². The van der Waals surface area contributed by atoms with E-state index in [1.54, 1.807) is 12.3 Å². The molecule has 2 aromatic carbocycles. The number of hydrogen-bond donors (Lipinski definition) is 2. The van der Waals surface area contributed by atoms with Crippen molar-refractivity contribution in [1.29, 1.82) is 0 Å². The molecule has 1 heterocycles. The Morgan fingerprint density at radius 3 is 2.73 bits per heavy atom. The first kappa shape index (κ1) is 14.7. The molecular formula is C18H17ClN2O. The molecular weight excluding hydrogens is 296 g/mol. The van der Waals surface area contributed by atoms with Crippen LogP contribution in [0.4, 0.5) is 5.69 Å². The molecule has 0 bridgehead atoms. The molecule has 22 heavy (non-hydrogen) atoms. The summed E-state index contributed by atoms with van der Waals surface area (Å²) in [7, 11) is 0. The van der Waals surface area contributed by atoms with Crippen LogP contribution in [-0.4, -0.2) is 10.9 Å². The number of para-hydroxylation sites is 1. The van der Waals surface area contributed by atoms with Crippen molar-refractivity contribution in [2.45, 2.75) is 19.8 Å². The Labute approximate surface area is 134 Å². The quantitative estimate of drug-likeness (QED) is 0.686. The second-order valence-electron chi connectivity index (χ2n) is 5.59. The van der Waals surface area contributed by atoms with E-state index in [1.807, 2.05) is 36.4 Å². The molecule has 0 saturated carbocycles. The number of anilines is 1. The minimum atomic E-state index is -0.123. The number of benzene rings is 2. The van der Waals surface area contributed by atoms with Gasteiger partial charge in [-0.25, -0.2) is 0 Å². The Bertz CT molecular complexity index is 836. The van der Waals surface area contributed by atoms with Crippen molar-refractivity contribution < 1.29 is 4.79 Å². The zero-order chi connectivity index (χ0) is 15.7. The van der Waals surface area contributed by atoms with E-state index in [0.29, 0.717) is 16.5 Å². The summed E-state index contributed by atoms with van der Waals surface area (Å²) in [5.74, 6) is 0.222. The number of H-pyrrole nitrogens is 1. The third kappa shape index (κ3) is 2.72. The number of rotatable bonds is 3. The van der Waals surface area contributed by atoms with Gasteiger partial charge in [0.25, 0.3) is 5.91 Å². The Balaban J connectivity index is 1.94. The number of carbonyl (C=O) groups excluding carboxylic acids is 1. The van der Waals surface area contributed by atoms with Crippen molar-refractivity contribution in [3.63, 3.8) is 0 Å². The van der Waals surface area contributed by atoms with E-state index in [1.165, 1.54) is 0 Å². The van der Waals surface area contributed by atoms with E-state index in [2.05, 4.69) is 24.1 Å². The van der Waals surface area contributed by atoms with Gasteiger partial charge in [-0.15, -0.1) is 0 Å². The van der Waals surface area contributed by atoms with E-state index < -0.39 is 0 Å². The van der Waals surface area contributed by atoms with Crippen molar-refractivity contribution in [3.8, 4) is 0 Å². The molecule has 0 aliphatic rings. The molecule has 3 nitrogen and oxygen atoms in total. The highest BCUT2D eigenvalue weighted by molar-refractivity contribution is 6.31. The van der Waals surface area contributed by atoms with Crippen LogP contribution < -0.4 is 5.32 Å². The lowest BCUT2D eigenvalue weighted by Gasteiger charge is -2.13. The molecule has 3 rings (SSSR count). The summed E-state index contributed by atoms with van der Waals surface area (Å²) >= 11 is 5.97. The second-order valence-corrected chi connectivity index (χ2v) is 6.02. The van der Waals surface area contributed by atoms with Crippen LogP contribution in [0, 0.1) is 0 Å². The van der Waals surface area contributed by atoms with E-state index in [-0.39, 0.29) is 5.91 Å². The Hall–Kier alpha value is -2.26. The zero-order valence-electron chi connectivity index (χ0n) is 12.5. The highest BCUT2D eigenvalue weighted by Gasteiger charge is 2.14. The number of amides is 1. The molecule has 4 heteroatoms. The average molecular weight is 313 g/mol. The van der Waals surface area contributed by atoms with E-state index in [4.69, 9.17) is 11.6 Å². The van der Waals surface area contributed by atoms with Crippen molar-refractivity contribution in [1.82, 2.24) is 4.98 Å². The molecule has 1 aromatic heterocycles. The van der Waals surface area contributed by atoms with Gasteiger partial charge in [-0.3, -0.25) is 4.79 Å². The number of carbonyl (C=O) groups is 1. The molecule has 112 valence electrons. The van der Waals surface area contributed by atoms with Crippen LogP contribution in [0.3, 0.4) is 0 Å². The van der Waals surface area contributed by atoms with Gasteiger partial charge in [0.05, 0.1) is 5.56 Å². The molecule has 0 fully saturated rings. The fraction of sp³-hybridized carbons (Fsp3) is 0.167. The van der Waals surface area contributed by atoms with Gasteiger partial charge in [-0.2, -0.15) is 0 Å². The third-order valence-corrected chi connectivity index (χ3v) is 3.95. The monoisotopic (exact) mass is 312 g/mol. The maximum absolute atomic E-state index is 12.6. The number of aromatic amines is 1. The number of nitrogens with one attached hydrogen (secondary N) is 2. The lowest BCUT2D eigenvalue weighted by molar-refractivity contribution is 0.102. The summed E-state index contributed by atoms with van der Waals surface area (Å²) in [6, 6.07) is 13.3. The van der Waals surface area contributed by atoms with Crippen LogP contribution in [0.5, 0.6) is 0 Å². The maximum atomic E-state index is 12.6. The standard InChI is InChI=1S/C18H17ClN2O/c1-11(2)13-5-3-4-6-16(13)21-18(22)15-10-20-17-9-12(19)7-8-14(15)17/h3-11,20H,1-2H3,(H,21,22). The molecule has 2 N–H and O–H groups in total. The molecule has 0 spiro atoms. The van der Waals surface area contributed by atoms with E-state index in [9.17, 15) is 4.79 Å². The van der Waals surface area contributed by atoms with Gasteiger partial charge in [0.1, 0.15) is 0 Å². The van der Waals surface area contributed by atoms with E-state index >= 15 is 0 Å². The van der Waals surface area contributed by atoms with Gasteiger partial charge in [-0.1, -0.05) is 49.7 Å². The fourth-order valence-electron chi connectivity index (χ4n) is 2.59. The summed E-state index contributed by atoms with van der Waals surface area (Å²) in [6.45, 7) is 4.22. The normalized spacial score (nSPS) is 11.1. The highest BCUT2D eigenvalue weighted by Crippen LogP contribution is 2.26. The largest absolute Gasteiger partial charge is 0.360 e. The number of fused-ring (bicyclic) bond motifs is 1. The Kier molecular flexibility index (Phi) is 3.90. The van der Waals surface area contributed by atoms with Crippen LogP contribution in [0.2, 0.25) is 5.02 Å². The first-order valence-corrected chi connectivity index (χ1v) is 7.61. The van der Waals surface area contributed by atoms with Gasteiger partial charge in [-0.05, 0) is 29.7 Å². The van der Waals surface area contributed by atoms with Gasteiger partial charge < -0.3 is 10.3 Å². The Morgan fingerprint density at radius 1 is 1.18 bits per heavy atom. The lowest BCUT2D eigenvalue weighted by Crippen LogP contribution is -2.13. The van der Waals surface area contributed by atoms with Crippen LogP contribution in [-0.2, 0) is 0 Å². The summed E-state index contributed by atoms with van der Waals surface area (Å²) in [4.78, 5) is 15.7. The topological polar surface area (TPSA) is 44.9 Å². The number of halogens is 1. The molecule has 0 saturated heterocycles. The Morgan fingerprint density at radius 2 is 1.95 bits per heavy atom. The molecule has 0 unspecified atom stereocenters. The average Bonchev–Trinajstić information content (AvgIpc) is 2.90. The fourth-order valence-corrected chi connectivity index (χ4v) is 2.76. The predicted octanol–water partition coefficient (Wildman–Crippen LogP) is 5.20. The third-order valence-electron chi connectivity index (χ3n) is 3.72. The van der Waals surface area contributed by atoms with Crippen molar-refractivity contribution >= 4 is 34.1 Å². The van der Waals surface area contributed by atoms with Gasteiger partial charge in [0.15, 0.2) is 0 Å². The van der Waals surface area contributed by atoms with Crippen LogP contribution >= 0.6 is 11.6 Å². The first-order chi connectivity index (χ1) is 10.6. The number of aromatic nitrogens is 1. The number of hydrogen-bond acceptors (Lipinski definition) is 1. The maximum Gasteiger partial charge on any atom is 0.257 e. The molecule has 0 atom stereocenters.